The smallest absolute Gasteiger partial charge is 0.271 e. The van der Waals surface area contributed by atoms with Crippen LogP contribution >= 0.6 is 11.3 Å². The van der Waals surface area contributed by atoms with Gasteiger partial charge in [0.25, 0.3) is 15.9 Å². The van der Waals surface area contributed by atoms with Crippen molar-refractivity contribution >= 4 is 33.0 Å². The third-order valence-corrected chi connectivity index (χ3v) is 7.10. The van der Waals surface area contributed by atoms with Crippen LogP contribution in [0.25, 0.3) is 0 Å². The average Bonchev–Trinajstić information content (AvgIpc) is 3.33. The van der Waals surface area contributed by atoms with Crippen molar-refractivity contribution in [1.82, 2.24) is 4.90 Å². The van der Waals surface area contributed by atoms with Crippen molar-refractivity contribution in [1.29, 1.82) is 0 Å². The molecule has 1 aromatic carbocycles. The van der Waals surface area contributed by atoms with E-state index in [4.69, 9.17) is 9.47 Å². The van der Waals surface area contributed by atoms with Gasteiger partial charge in [0.15, 0.2) is 11.5 Å². The van der Waals surface area contributed by atoms with Gasteiger partial charge in [0, 0.05) is 24.5 Å². The Morgan fingerprint density at radius 1 is 1.08 bits per heavy atom. The minimum atomic E-state index is -3.77. The van der Waals surface area contributed by atoms with E-state index in [1.807, 2.05) is 0 Å². The number of likely N-dealkylation sites (tertiary alicyclic amines) is 1. The Morgan fingerprint density at radius 2 is 1.81 bits per heavy atom. The Labute approximate surface area is 155 Å². The fraction of sp³-hybridized carbons (Fsp3) is 0.353. The maximum atomic E-state index is 12.6. The van der Waals surface area contributed by atoms with Crippen molar-refractivity contribution < 1.29 is 22.7 Å². The molecule has 0 atom stereocenters. The number of fused-ring (bicyclic) bond motifs is 1. The molecule has 2 aliphatic heterocycles. The van der Waals surface area contributed by atoms with Gasteiger partial charge in [0.1, 0.15) is 17.4 Å². The molecule has 2 aliphatic rings. The summed E-state index contributed by atoms with van der Waals surface area (Å²) in [5.74, 6) is 0.987. The van der Waals surface area contributed by atoms with Crippen LogP contribution in [0.2, 0.25) is 0 Å². The van der Waals surface area contributed by atoms with Gasteiger partial charge in [-0.15, -0.1) is 11.3 Å². The zero-order valence-corrected chi connectivity index (χ0v) is 15.6. The number of carbonyl (C=O) groups is 1. The van der Waals surface area contributed by atoms with Crippen molar-refractivity contribution in [3.05, 3.63) is 35.2 Å². The van der Waals surface area contributed by atoms with Crippen LogP contribution < -0.4 is 14.2 Å². The zero-order valence-electron chi connectivity index (χ0n) is 13.9. The van der Waals surface area contributed by atoms with Crippen LogP contribution in [0.3, 0.4) is 0 Å². The summed E-state index contributed by atoms with van der Waals surface area (Å²) in [7, 11) is -3.77. The van der Waals surface area contributed by atoms with Gasteiger partial charge >= 0.3 is 0 Å². The number of amides is 1. The fourth-order valence-electron chi connectivity index (χ4n) is 2.98. The summed E-state index contributed by atoms with van der Waals surface area (Å²) in [6.07, 6.45) is 1.99. The summed E-state index contributed by atoms with van der Waals surface area (Å²) >= 11 is 1.04. The third-order valence-electron chi connectivity index (χ3n) is 4.27. The lowest BCUT2D eigenvalue weighted by atomic mass is 10.3. The quantitative estimate of drug-likeness (QED) is 0.861. The van der Waals surface area contributed by atoms with Crippen molar-refractivity contribution in [2.24, 2.45) is 0 Å². The number of hydrogen-bond acceptors (Lipinski definition) is 6. The maximum Gasteiger partial charge on any atom is 0.271 e. The van der Waals surface area contributed by atoms with Crippen molar-refractivity contribution in [3.8, 4) is 11.5 Å². The van der Waals surface area contributed by atoms with Crippen molar-refractivity contribution in [2.75, 3.05) is 31.0 Å². The number of ether oxygens (including phenoxy) is 2. The molecule has 2 aromatic rings. The van der Waals surface area contributed by atoms with E-state index >= 15 is 0 Å². The Bertz CT molecular complexity index is 932. The molecule has 9 heteroatoms. The molecular weight excluding hydrogens is 376 g/mol. The lowest BCUT2D eigenvalue weighted by Gasteiger charge is -2.19. The highest BCUT2D eigenvalue weighted by Gasteiger charge is 2.24. The van der Waals surface area contributed by atoms with Gasteiger partial charge in [-0.1, -0.05) is 0 Å². The van der Waals surface area contributed by atoms with E-state index in [2.05, 4.69) is 4.72 Å². The highest BCUT2D eigenvalue weighted by Crippen LogP contribution is 2.34. The van der Waals surface area contributed by atoms with E-state index in [-0.39, 0.29) is 10.1 Å². The Balaban J connectivity index is 1.52. The topological polar surface area (TPSA) is 84.9 Å². The lowest BCUT2D eigenvalue weighted by molar-refractivity contribution is 0.0793. The SMILES string of the molecule is O=C(c1csc(S(=O)(=O)Nc2ccc3c(c2)OCCO3)c1)N1CCCC1. The largest absolute Gasteiger partial charge is 0.486 e. The predicted molar refractivity (Wildman–Crippen MR) is 97.7 cm³/mol. The Morgan fingerprint density at radius 3 is 2.58 bits per heavy atom. The second-order valence-corrected chi connectivity index (χ2v) is 8.94. The van der Waals surface area contributed by atoms with Crippen molar-refractivity contribution in [2.45, 2.75) is 17.1 Å². The van der Waals surface area contributed by atoms with E-state index in [0.29, 0.717) is 36.0 Å². The van der Waals surface area contributed by atoms with Crippen LogP contribution in [0.1, 0.15) is 23.2 Å². The second kappa shape index (κ2) is 6.81. The first-order valence-corrected chi connectivity index (χ1v) is 10.7. The van der Waals surface area contributed by atoms with Gasteiger partial charge in [-0.05, 0) is 31.0 Å². The minimum Gasteiger partial charge on any atom is -0.486 e. The Kier molecular flexibility index (Phi) is 4.49. The normalized spacial score (nSPS) is 16.5. The van der Waals surface area contributed by atoms with E-state index in [1.165, 1.54) is 6.07 Å². The molecular formula is C17H18N2O5S2. The number of thiophene rings is 1. The molecule has 0 aliphatic carbocycles. The van der Waals surface area contributed by atoms with Crippen LogP contribution in [0.5, 0.6) is 11.5 Å². The number of anilines is 1. The number of nitrogens with zero attached hydrogens (tertiary/aromatic N) is 1. The predicted octanol–water partition coefficient (Wildman–Crippen LogP) is 2.56. The summed E-state index contributed by atoms with van der Waals surface area (Å²) < 4.78 is 38.8. The molecule has 0 spiro atoms. The average molecular weight is 394 g/mol. The van der Waals surface area contributed by atoms with Crippen molar-refractivity contribution in [3.63, 3.8) is 0 Å². The molecule has 0 bridgehead atoms. The van der Waals surface area contributed by atoms with Crippen LogP contribution in [0.4, 0.5) is 5.69 Å². The van der Waals surface area contributed by atoms with Crippen LogP contribution in [-0.4, -0.2) is 45.5 Å². The first-order chi connectivity index (χ1) is 12.5. The summed E-state index contributed by atoms with van der Waals surface area (Å²) in [6, 6.07) is 6.32. The molecule has 0 radical (unpaired) electrons. The number of rotatable bonds is 4. The standard InChI is InChI=1S/C17H18N2O5S2/c20-17(19-5-1-2-6-19)12-9-16(25-11-12)26(21,22)18-13-3-4-14-15(10-13)24-8-7-23-14/h3-4,9-11,18H,1-2,5-8H2. The number of benzene rings is 1. The minimum absolute atomic E-state index is 0.106. The number of sulfonamides is 1. The first kappa shape index (κ1) is 17.2. The van der Waals surface area contributed by atoms with Crippen LogP contribution in [-0.2, 0) is 10.0 Å². The lowest BCUT2D eigenvalue weighted by Crippen LogP contribution is -2.27. The molecule has 0 unspecified atom stereocenters. The molecule has 7 nitrogen and oxygen atoms in total. The number of carbonyl (C=O) groups excluding carboxylic acids is 1. The molecule has 1 saturated heterocycles. The molecule has 26 heavy (non-hydrogen) atoms. The molecule has 0 saturated carbocycles. The van der Waals surface area contributed by atoms with E-state index < -0.39 is 10.0 Å². The van der Waals surface area contributed by atoms with E-state index in [0.717, 1.165) is 37.3 Å². The van der Waals surface area contributed by atoms with Gasteiger partial charge in [-0.25, -0.2) is 8.42 Å². The van der Waals surface area contributed by atoms with E-state index in [1.54, 1.807) is 28.5 Å². The highest BCUT2D eigenvalue weighted by atomic mass is 32.2. The molecule has 1 amide bonds. The summed E-state index contributed by atoms with van der Waals surface area (Å²) in [5.41, 5.74) is 0.800. The number of nitrogens with one attached hydrogen (secondary N) is 1. The van der Waals surface area contributed by atoms with Gasteiger partial charge < -0.3 is 14.4 Å². The molecule has 3 heterocycles. The Hall–Kier alpha value is -2.26. The van der Waals surface area contributed by atoms with Gasteiger partial charge in [-0.2, -0.15) is 0 Å². The first-order valence-electron chi connectivity index (χ1n) is 8.33. The summed E-state index contributed by atoms with van der Waals surface area (Å²) in [5, 5.41) is 1.60. The maximum absolute atomic E-state index is 12.6. The van der Waals surface area contributed by atoms with Crippen LogP contribution in [0.15, 0.2) is 33.9 Å². The second-order valence-electron chi connectivity index (χ2n) is 6.12. The van der Waals surface area contributed by atoms with Crippen LogP contribution in [0, 0.1) is 0 Å². The number of hydrogen-bond donors (Lipinski definition) is 1. The highest BCUT2D eigenvalue weighted by molar-refractivity contribution is 7.94. The molecule has 4 rings (SSSR count). The van der Waals surface area contributed by atoms with Gasteiger partial charge in [-0.3, -0.25) is 9.52 Å². The van der Waals surface area contributed by atoms with Gasteiger partial charge in [0.05, 0.1) is 11.3 Å². The molecule has 1 N–H and O–H groups in total. The monoisotopic (exact) mass is 394 g/mol. The summed E-state index contributed by atoms with van der Waals surface area (Å²) in [6.45, 7) is 2.36. The van der Waals surface area contributed by atoms with Gasteiger partial charge in [0.2, 0.25) is 0 Å². The summed E-state index contributed by atoms with van der Waals surface area (Å²) in [4.78, 5) is 14.1. The molecule has 138 valence electrons. The third kappa shape index (κ3) is 3.36. The molecule has 1 aromatic heterocycles. The molecule has 1 fully saturated rings. The fourth-order valence-corrected chi connectivity index (χ4v) is 5.19. The van der Waals surface area contributed by atoms with E-state index in [9.17, 15) is 13.2 Å². The zero-order chi connectivity index (χ0) is 18.1.